The molecule has 0 bridgehead atoms. The van der Waals surface area contributed by atoms with Crippen molar-refractivity contribution < 1.29 is 9.72 Å². The molecular weight excluding hydrogens is 296 g/mol. The molecule has 1 aromatic rings. The third-order valence-electron chi connectivity index (χ3n) is 4.08. The molecule has 0 aliphatic carbocycles. The lowest BCUT2D eigenvalue weighted by Crippen LogP contribution is -2.46. The molecule has 1 aliphatic rings. The van der Waals surface area contributed by atoms with Crippen LogP contribution in [-0.4, -0.2) is 41.4 Å². The molecule has 1 atom stereocenters. The normalized spacial score (nSPS) is 16.0. The van der Waals surface area contributed by atoms with E-state index >= 15 is 0 Å². The Morgan fingerprint density at radius 3 is 2.52 bits per heavy atom. The van der Waals surface area contributed by atoms with Crippen LogP contribution in [0.15, 0.2) is 24.3 Å². The van der Waals surface area contributed by atoms with Crippen LogP contribution in [0.4, 0.5) is 11.4 Å². The summed E-state index contributed by atoms with van der Waals surface area (Å²) < 4.78 is 0. The number of hydrogen-bond donors (Lipinski definition) is 2. The molecule has 0 aromatic heterocycles. The Hall–Kier alpha value is -2.15. The van der Waals surface area contributed by atoms with Gasteiger partial charge in [0.1, 0.15) is 0 Å². The summed E-state index contributed by atoms with van der Waals surface area (Å²) in [6.07, 6.45) is 4.74. The lowest BCUT2D eigenvalue weighted by Gasteiger charge is -2.29. The molecular formula is C16H24N4O3. The first-order chi connectivity index (χ1) is 11.1. The van der Waals surface area contributed by atoms with Gasteiger partial charge in [0, 0.05) is 37.5 Å². The lowest BCUT2D eigenvalue weighted by atomic mass is 10.1. The topological polar surface area (TPSA) is 101 Å². The monoisotopic (exact) mass is 320 g/mol. The van der Waals surface area contributed by atoms with Crippen LogP contribution in [-0.2, 0) is 4.79 Å². The molecule has 126 valence electrons. The van der Waals surface area contributed by atoms with Crippen molar-refractivity contribution in [3.05, 3.63) is 34.4 Å². The summed E-state index contributed by atoms with van der Waals surface area (Å²) in [4.78, 5) is 24.2. The molecule has 3 N–H and O–H groups in total. The zero-order valence-electron chi connectivity index (χ0n) is 13.2. The molecule has 1 aromatic carbocycles. The van der Waals surface area contributed by atoms with Crippen molar-refractivity contribution in [2.75, 3.05) is 25.0 Å². The summed E-state index contributed by atoms with van der Waals surface area (Å²) in [5.41, 5.74) is 6.89. The molecule has 1 unspecified atom stereocenters. The van der Waals surface area contributed by atoms with Gasteiger partial charge in [-0.25, -0.2) is 0 Å². The molecule has 7 heteroatoms. The Morgan fingerprint density at radius 1 is 1.26 bits per heavy atom. The first-order valence-corrected chi connectivity index (χ1v) is 8.10. The predicted octanol–water partition coefficient (Wildman–Crippen LogP) is 2.13. The first kappa shape index (κ1) is 17.2. The third-order valence-corrected chi connectivity index (χ3v) is 4.08. The maximum atomic E-state index is 12.2. The highest BCUT2D eigenvalue weighted by molar-refractivity contribution is 5.81. The van der Waals surface area contributed by atoms with Gasteiger partial charge in [-0.15, -0.1) is 0 Å². The van der Waals surface area contributed by atoms with E-state index in [1.165, 1.54) is 18.6 Å². The van der Waals surface area contributed by atoms with Gasteiger partial charge < -0.3 is 16.0 Å². The molecule has 2 rings (SSSR count). The fourth-order valence-electron chi connectivity index (χ4n) is 2.73. The number of anilines is 1. The lowest BCUT2D eigenvalue weighted by molar-refractivity contribution is -0.384. The van der Waals surface area contributed by atoms with Crippen LogP contribution >= 0.6 is 0 Å². The van der Waals surface area contributed by atoms with Crippen LogP contribution in [0.3, 0.4) is 0 Å². The van der Waals surface area contributed by atoms with Crippen LogP contribution in [0.25, 0.3) is 0 Å². The highest BCUT2D eigenvalue weighted by Gasteiger charge is 2.21. The minimum Gasteiger partial charge on any atom is -0.385 e. The SMILES string of the molecule is NC(CCCNc1ccc([N+](=O)[O-])cc1)C(=O)N1CCCCC1. The average molecular weight is 320 g/mol. The molecule has 7 nitrogen and oxygen atoms in total. The Morgan fingerprint density at radius 2 is 1.91 bits per heavy atom. The van der Waals surface area contributed by atoms with Crippen molar-refractivity contribution in [1.29, 1.82) is 0 Å². The second kappa shape index (κ2) is 8.47. The largest absolute Gasteiger partial charge is 0.385 e. The maximum Gasteiger partial charge on any atom is 0.269 e. The number of carbonyl (C=O) groups excluding carboxylic acids is 1. The quantitative estimate of drug-likeness (QED) is 0.455. The first-order valence-electron chi connectivity index (χ1n) is 8.10. The molecule has 1 fully saturated rings. The molecule has 1 aliphatic heterocycles. The van der Waals surface area contributed by atoms with E-state index in [1.54, 1.807) is 12.1 Å². The van der Waals surface area contributed by atoms with Gasteiger partial charge in [0.25, 0.3) is 5.69 Å². The zero-order valence-corrected chi connectivity index (χ0v) is 13.2. The number of nitro groups is 1. The number of carbonyl (C=O) groups is 1. The molecule has 0 spiro atoms. The number of amides is 1. The van der Waals surface area contributed by atoms with Crippen LogP contribution < -0.4 is 11.1 Å². The fraction of sp³-hybridized carbons (Fsp3) is 0.562. The number of nitrogens with two attached hydrogens (primary N) is 1. The van der Waals surface area contributed by atoms with Crippen LogP contribution in [0.1, 0.15) is 32.1 Å². The number of nitrogens with one attached hydrogen (secondary N) is 1. The number of rotatable bonds is 7. The Balaban J connectivity index is 1.67. The standard InChI is InChI=1S/C16H24N4O3/c17-15(16(21)19-11-2-1-3-12-19)5-4-10-18-13-6-8-14(9-7-13)20(22)23/h6-9,15,18H,1-5,10-12,17H2. The Kier molecular flexibility index (Phi) is 6.34. The molecule has 0 saturated carbocycles. The van der Waals surface area contributed by atoms with E-state index in [2.05, 4.69) is 5.32 Å². The highest BCUT2D eigenvalue weighted by Crippen LogP contribution is 2.15. The van der Waals surface area contributed by atoms with Gasteiger partial charge in [-0.3, -0.25) is 14.9 Å². The Labute approximate surface area is 136 Å². The van der Waals surface area contributed by atoms with E-state index in [1.807, 2.05) is 4.90 Å². The highest BCUT2D eigenvalue weighted by atomic mass is 16.6. The van der Waals surface area contributed by atoms with Gasteiger partial charge in [-0.2, -0.15) is 0 Å². The van der Waals surface area contributed by atoms with Gasteiger partial charge in [0.2, 0.25) is 5.91 Å². The van der Waals surface area contributed by atoms with Gasteiger partial charge >= 0.3 is 0 Å². The minimum absolute atomic E-state index is 0.0556. The van der Waals surface area contributed by atoms with E-state index in [-0.39, 0.29) is 11.6 Å². The minimum atomic E-state index is -0.438. The average Bonchev–Trinajstić information content (AvgIpc) is 2.59. The molecule has 1 amide bonds. The maximum absolute atomic E-state index is 12.2. The second-order valence-electron chi connectivity index (χ2n) is 5.87. The van der Waals surface area contributed by atoms with E-state index in [4.69, 9.17) is 5.73 Å². The summed E-state index contributed by atoms with van der Waals surface area (Å²) in [7, 11) is 0. The van der Waals surface area contributed by atoms with E-state index in [9.17, 15) is 14.9 Å². The summed E-state index contributed by atoms with van der Waals surface area (Å²) in [6.45, 7) is 2.33. The van der Waals surface area contributed by atoms with Crippen LogP contribution in [0, 0.1) is 10.1 Å². The summed E-state index contributed by atoms with van der Waals surface area (Å²) in [5, 5.41) is 13.8. The van der Waals surface area contributed by atoms with Crippen molar-refractivity contribution >= 4 is 17.3 Å². The van der Waals surface area contributed by atoms with Crippen molar-refractivity contribution in [2.24, 2.45) is 5.73 Å². The molecule has 23 heavy (non-hydrogen) atoms. The van der Waals surface area contributed by atoms with Gasteiger partial charge in [-0.05, 0) is 44.2 Å². The van der Waals surface area contributed by atoms with E-state index < -0.39 is 11.0 Å². The number of benzene rings is 1. The number of piperidine rings is 1. The predicted molar refractivity (Wildman–Crippen MR) is 89.2 cm³/mol. The number of nitrogens with zero attached hydrogens (tertiary/aromatic N) is 2. The van der Waals surface area contributed by atoms with Crippen molar-refractivity contribution in [2.45, 2.75) is 38.1 Å². The summed E-state index contributed by atoms with van der Waals surface area (Å²) in [6, 6.07) is 5.85. The van der Waals surface area contributed by atoms with Gasteiger partial charge in [-0.1, -0.05) is 0 Å². The van der Waals surface area contributed by atoms with Crippen molar-refractivity contribution in [3.63, 3.8) is 0 Å². The summed E-state index contributed by atoms with van der Waals surface area (Å²) in [5.74, 6) is 0.0556. The Bertz CT molecular complexity index is 527. The molecule has 0 radical (unpaired) electrons. The number of nitro benzene ring substituents is 1. The van der Waals surface area contributed by atoms with Crippen molar-refractivity contribution in [1.82, 2.24) is 4.90 Å². The summed E-state index contributed by atoms with van der Waals surface area (Å²) >= 11 is 0. The fourth-order valence-corrected chi connectivity index (χ4v) is 2.73. The van der Waals surface area contributed by atoms with Gasteiger partial charge in [0.15, 0.2) is 0 Å². The van der Waals surface area contributed by atoms with Gasteiger partial charge in [0.05, 0.1) is 11.0 Å². The number of likely N-dealkylation sites (tertiary alicyclic amines) is 1. The van der Waals surface area contributed by atoms with Crippen LogP contribution in [0.2, 0.25) is 0 Å². The zero-order chi connectivity index (χ0) is 16.7. The third kappa shape index (κ3) is 5.21. The van der Waals surface area contributed by atoms with E-state index in [0.29, 0.717) is 13.0 Å². The smallest absolute Gasteiger partial charge is 0.269 e. The van der Waals surface area contributed by atoms with Crippen LogP contribution in [0.5, 0.6) is 0 Å². The molecule has 1 heterocycles. The molecule has 1 saturated heterocycles. The van der Waals surface area contributed by atoms with E-state index in [0.717, 1.165) is 38.0 Å². The second-order valence-corrected chi connectivity index (χ2v) is 5.87. The van der Waals surface area contributed by atoms with Crippen molar-refractivity contribution in [3.8, 4) is 0 Å². The number of non-ortho nitro benzene ring substituents is 1. The number of hydrogen-bond acceptors (Lipinski definition) is 5.